The molecule has 4 heteroatoms. The van der Waals surface area contributed by atoms with Crippen LogP contribution in [0.2, 0.25) is 0 Å². The van der Waals surface area contributed by atoms with Crippen LogP contribution in [-0.2, 0) is 0 Å². The van der Waals surface area contributed by atoms with Crippen molar-refractivity contribution < 1.29 is 13.9 Å². The second kappa shape index (κ2) is 5.92. The summed E-state index contributed by atoms with van der Waals surface area (Å²) in [7, 11) is 0. The molecule has 0 heterocycles. The number of halogens is 2. The average Bonchev–Trinajstić information content (AvgIpc) is 2.26. The summed E-state index contributed by atoms with van der Waals surface area (Å²) >= 11 is 0. The molecule has 0 radical (unpaired) electrons. The molecule has 1 aromatic carbocycles. The fraction of sp³-hybridized carbons (Fsp3) is 0.500. The van der Waals surface area contributed by atoms with Gasteiger partial charge in [0.1, 0.15) is 11.6 Å². The number of aliphatic hydroxyl groups is 1. The lowest BCUT2D eigenvalue weighted by atomic mass is 10.0. The van der Waals surface area contributed by atoms with E-state index in [-0.39, 0.29) is 18.7 Å². The first-order valence-electron chi connectivity index (χ1n) is 5.40. The lowest BCUT2D eigenvalue weighted by molar-refractivity contribution is 0.238. The van der Waals surface area contributed by atoms with Crippen molar-refractivity contribution in [2.24, 2.45) is 0 Å². The van der Waals surface area contributed by atoms with Gasteiger partial charge in [-0.25, -0.2) is 8.78 Å². The van der Waals surface area contributed by atoms with Gasteiger partial charge in [0, 0.05) is 23.7 Å². The summed E-state index contributed by atoms with van der Waals surface area (Å²) in [5, 5.41) is 12.0. The topological polar surface area (TPSA) is 32.3 Å². The Hall–Kier alpha value is -1.00. The lowest BCUT2D eigenvalue weighted by Gasteiger charge is -2.21. The molecule has 0 fully saturated rings. The van der Waals surface area contributed by atoms with Gasteiger partial charge in [0.2, 0.25) is 0 Å². The molecule has 1 rings (SSSR count). The number of aliphatic hydroxyl groups excluding tert-OH is 1. The standard InChI is InChI=1S/C12H17F2NO/c1-3-12(15-8(2)7-16)10-5-4-9(13)6-11(10)14/h4-6,8,12,15-16H,3,7H2,1-2H3/t8-,12?/m1/s1. The van der Waals surface area contributed by atoms with Crippen LogP contribution in [0.3, 0.4) is 0 Å². The maximum atomic E-state index is 13.5. The van der Waals surface area contributed by atoms with E-state index in [2.05, 4.69) is 5.32 Å². The number of nitrogens with one attached hydrogen (secondary N) is 1. The van der Waals surface area contributed by atoms with E-state index in [1.807, 2.05) is 13.8 Å². The Kier molecular flexibility index (Phi) is 4.83. The van der Waals surface area contributed by atoms with Crippen molar-refractivity contribution in [1.82, 2.24) is 5.32 Å². The van der Waals surface area contributed by atoms with Crippen molar-refractivity contribution in [3.63, 3.8) is 0 Å². The van der Waals surface area contributed by atoms with Gasteiger partial charge in [0.05, 0.1) is 6.61 Å². The zero-order valence-electron chi connectivity index (χ0n) is 9.50. The average molecular weight is 229 g/mol. The molecule has 2 nitrogen and oxygen atoms in total. The lowest BCUT2D eigenvalue weighted by Crippen LogP contribution is -2.33. The summed E-state index contributed by atoms with van der Waals surface area (Å²) in [5.74, 6) is -1.13. The van der Waals surface area contributed by atoms with E-state index < -0.39 is 11.6 Å². The van der Waals surface area contributed by atoms with E-state index in [0.717, 1.165) is 6.07 Å². The van der Waals surface area contributed by atoms with E-state index >= 15 is 0 Å². The number of hydrogen-bond donors (Lipinski definition) is 2. The zero-order chi connectivity index (χ0) is 12.1. The highest BCUT2D eigenvalue weighted by Gasteiger charge is 2.16. The molecular weight excluding hydrogens is 212 g/mol. The summed E-state index contributed by atoms with van der Waals surface area (Å²) in [4.78, 5) is 0. The van der Waals surface area contributed by atoms with E-state index in [4.69, 9.17) is 5.11 Å². The molecule has 0 aliphatic carbocycles. The highest BCUT2D eigenvalue weighted by molar-refractivity contribution is 5.22. The van der Waals surface area contributed by atoms with Crippen molar-refractivity contribution in [3.05, 3.63) is 35.4 Å². The molecule has 0 aromatic heterocycles. The van der Waals surface area contributed by atoms with Crippen LogP contribution >= 0.6 is 0 Å². The first kappa shape index (κ1) is 13.1. The first-order valence-corrected chi connectivity index (χ1v) is 5.40. The molecule has 0 aliphatic heterocycles. The molecule has 0 aliphatic rings. The summed E-state index contributed by atoms with van der Waals surface area (Å²) < 4.78 is 26.2. The van der Waals surface area contributed by atoms with Gasteiger partial charge in [-0.05, 0) is 19.4 Å². The Bertz CT molecular complexity index is 344. The molecule has 0 spiro atoms. The largest absolute Gasteiger partial charge is 0.395 e. The molecular formula is C12H17F2NO. The molecule has 0 saturated carbocycles. The van der Waals surface area contributed by atoms with Crippen molar-refractivity contribution in [2.75, 3.05) is 6.61 Å². The highest BCUT2D eigenvalue weighted by Crippen LogP contribution is 2.21. The SMILES string of the molecule is CCC(N[C@H](C)CO)c1ccc(F)cc1F. The van der Waals surface area contributed by atoms with Crippen molar-refractivity contribution in [2.45, 2.75) is 32.4 Å². The van der Waals surface area contributed by atoms with E-state index in [1.165, 1.54) is 12.1 Å². The molecule has 16 heavy (non-hydrogen) atoms. The van der Waals surface area contributed by atoms with Gasteiger partial charge >= 0.3 is 0 Å². The van der Waals surface area contributed by atoms with Gasteiger partial charge in [-0.15, -0.1) is 0 Å². The second-order valence-corrected chi connectivity index (χ2v) is 3.88. The fourth-order valence-corrected chi connectivity index (χ4v) is 1.61. The summed E-state index contributed by atoms with van der Waals surface area (Å²) in [6.07, 6.45) is 0.674. The quantitative estimate of drug-likeness (QED) is 0.812. The predicted octanol–water partition coefficient (Wildman–Crippen LogP) is 2.39. The fourth-order valence-electron chi connectivity index (χ4n) is 1.61. The van der Waals surface area contributed by atoms with Crippen LogP contribution in [0.1, 0.15) is 31.9 Å². The molecule has 1 aromatic rings. The molecule has 2 atom stereocenters. The summed E-state index contributed by atoms with van der Waals surface area (Å²) in [6.45, 7) is 3.70. The van der Waals surface area contributed by atoms with Gasteiger partial charge in [-0.1, -0.05) is 13.0 Å². The number of benzene rings is 1. The molecule has 90 valence electrons. The van der Waals surface area contributed by atoms with Crippen LogP contribution in [0.15, 0.2) is 18.2 Å². The minimum Gasteiger partial charge on any atom is -0.395 e. The Morgan fingerprint density at radius 1 is 1.38 bits per heavy atom. The molecule has 0 bridgehead atoms. The third-order valence-corrected chi connectivity index (χ3v) is 2.51. The highest BCUT2D eigenvalue weighted by atomic mass is 19.1. The minimum absolute atomic E-state index is 0.0146. The van der Waals surface area contributed by atoms with Gasteiger partial charge in [-0.3, -0.25) is 0 Å². The van der Waals surface area contributed by atoms with Gasteiger partial charge in [0.25, 0.3) is 0 Å². The van der Waals surface area contributed by atoms with Crippen LogP contribution < -0.4 is 5.32 Å². The van der Waals surface area contributed by atoms with Crippen LogP contribution in [0.4, 0.5) is 8.78 Å². The van der Waals surface area contributed by atoms with E-state index in [1.54, 1.807) is 0 Å². The monoisotopic (exact) mass is 229 g/mol. The molecule has 1 unspecified atom stereocenters. The maximum Gasteiger partial charge on any atom is 0.130 e. The van der Waals surface area contributed by atoms with Gasteiger partial charge in [0.15, 0.2) is 0 Å². The predicted molar refractivity (Wildman–Crippen MR) is 59.1 cm³/mol. The van der Waals surface area contributed by atoms with Crippen molar-refractivity contribution >= 4 is 0 Å². The van der Waals surface area contributed by atoms with Gasteiger partial charge < -0.3 is 10.4 Å². The van der Waals surface area contributed by atoms with Gasteiger partial charge in [-0.2, -0.15) is 0 Å². The Balaban J connectivity index is 2.86. The van der Waals surface area contributed by atoms with E-state index in [0.29, 0.717) is 12.0 Å². The third kappa shape index (κ3) is 3.25. The molecule has 2 N–H and O–H groups in total. The first-order chi connectivity index (χ1) is 7.58. The van der Waals surface area contributed by atoms with Crippen molar-refractivity contribution in [1.29, 1.82) is 0 Å². The third-order valence-electron chi connectivity index (χ3n) is 2.51. The van der Waals surface area contributed by atoms with Crippen LogP contribution in [0.5, 0.6) is 0 Å². The molecule has 0 amide bonds. The second-order valence-electron chi connectivity index (χ2n) is 3.88. The van der Waals surface area contributed by atoms with E-state index in [9.17, 15) is 8.78 Å². The van der Waals surface area contributed by atoms with Crippen LogP contribution in [-0.4, -0.2) is 17.8 Å². The van der Waals surface area contributed by atoms with Crippen LogP contribution in [0, 0.1) is 11.6 Å². The van der Waals surface area contributed by atoms with Crippen LogP contribution in [0.25, 0.3) is 0 Å². The summed E-state index contributed by atoms with van der Waals surface area (Å²) in [5.41, 5.74) is 0.434. The van der Waals surface area contributed by atoms with Crippen molar-refractivity contribution in [3.8, 4) is 0 Å². The Morgan fingerprint density at radius 3 is 2.56 bits per heavy atom. The summed E-state index contributed by atoms with van der Waals surface area (Å²) in [6, 6.07) is 3.24. The minimum atomic E-state index is -0.577. The smallest absolute Gasteiger partial charge is 0.130 e. The number of rotatable bonds is 5. The zero-order valence-corrected chi connectivity index (χ0v) is 9.50. The Morgan fingerprint density at radius 2 is 2.06 bits per heavy atom. The maximum absolute atomic E-state index is 13.5. The Labute approximate surface area is 94.3 Å². The molecule has 0 saturated heterocycles. The normalized spacial score (nSPS) is 14.8. The number of hydrogen-bond acceptors (Lipinski definition) is 2.